The van der Waals surface area contributed by atoms with Gasteiger partial charge in [0.2, 0.25) is 5.78 Å². The molecule has 0 unspecified atom stereocenters. The number of Topliss-reactive ketones (excluding diaryl/α,β-unsaturated/α-hetero) is 1. The van der Waals surface area contributed by atoms with Gasteiger partial charge in [0.1, 0.15) is 6.54 Å². The maximum Gasteiger partial charge on any atom is 0.216 e. The Morgan fingerprint density at radius 1 is 1.38 bits per heavy atom. The lowest BCUT2D eigenvalue weighted by atomic mass is 10.1. The second-order valence-electron chi connectivity index (χ2n) is 2.74. The number of quaternary nitrogens is 1. The Labute approximate surface area is 75.8 Å². The van der Waals surface area contributed by atoms with Crippen LogP contribution >= 0.6 is 0 Å². The molecule has 0 heterocycles. The Bertz CT molecular complexity index is 323. The molecule has 4 N–H and O–H groups in total. The van der Waals surface area contributed by atoms with E-state index in [1.807, 2.05) is 0 Å². The van der Waals surface area contributed by atoms with Crippen LogP contribution in [-0.2, 0) is 0 Å². The van der Waals surface area contributed by atoms with Crippen molar-refractivity contribution in [3.8, 4) is 11.5 Å². The minimum atomic E-state index is -0.262. The summed E-state index contributed by atoms with van der Waals surface area (Å²) in [5.41, 5.74) is 0.411. The van der Waals surface area contributed by atoms with Gasteiger partial charge in [-0.3, -0.25) is 4.79 Å². The van der Waals surface area contributed by atoms with E-state index in [0.717, 1.165) is 0 Å². The Balaban J connectivity index is 2.90. The number of aromatic hydroxyl groups is 2. The van der Waals surface area contributed by atoms with Gasteiger partial charge in [0.05, 0.1) is 7.05 Å². The Morgan fingerprint density at radius 2 is 2.08 bits per heavy atom. The number of hydrogen-bond donors (Lipinski definition) is 3. The first-order valence-electron chi connectivity index (χ1n) is 3.98. The Morgan fingerprint density at radius 3 is 2.62 bits per heavy atom. The van der Waals surface area contributed by atoms with Crippen LogP contribution in [0.5, 0.6) is 11.5 Å². The molecule has 0 aromatic heterocycles. The topological polar surface area (TPSA) is 74.1 Å². The van der Waals surface area contributed by atoms with E-state index in [-0.39, 0.29) is 17.3 Å². The van der Waals surface area contributed by atoms with Gasteiger partial charge in [0.15, 0.2) is 11.5 Å². The van der Waals surface area contributed by atoms with E-state index < -0.39 is 0 Å². The molecule has 1 aromatic rings. The van der Waals surface area contributed by atoms with Gasteiger partial charge in [-0.2, -0.15) is 0 Å². The van der Waals surface area contributed by atoms with E-state index in [0.29, 0.717) is 12.1 Å². The molecule has 0 spiro atoms. The van der Waals surface area contributed by atoms with E-state index in [9.17, 15) is 4.79 Å². The van der Waals surface area contributed by atoms with Gasteiger partial charge in [-0.25, -0.2) is 0 Å². The largest absolute Gasteiger partial charge is 0.504 e. The fourth-order valence-electron chi connectivity index (χ4n) is 1.00. The second-order valence-corrected chi connectivity index (χ2v) is 2.74. The zero-order chi connectivity index (χ0) is 9.84. The molecule has 0 aliphatic carbocycles. The molecule has 0 saturated carbocycles. The van der Waals surface area contributed by atoms with Gasteiger partial charge in [0, 0.05) is 5.56 Å². The van der Waals surface area contributed by atoms with Gasteiger partial charge in [0.25, 0.3) is 0 Å². The molecular formula is C9H12NO3+. The van der Waals surface area contributed by atoms with Gasteiger partial charge in [-0.05, 0) is 18.2 Å². The molecule has 13 heavy (non-hydrogen) atoms. The van der Waals surface area contributed by atoms with E-state index >= 15 is 0 Å². The van der Waals surface area contributed by atoms with Crippen molar-refractivity contribution in [1.29, 1.82) is 0 Å². The number of carbonyl (C=O) groups excluding carboxylic acids is 1. The smallest absolute Gasteiger partial charge is 0.216 e. The van der Waals surface area contributed by atoms with Crippen LogP contribution in [0.2, 0.25) is 0 Å². The molecule has 0 atom stereocenters. The molecule has 4 nitrogen and oxygen atoms in total. The van der Waals surface area contributed by atoms with Crippen molar-refractivity contribution in [2.24, 2.45) is 0 Å². The zero-order valence-electron chi connectivity index (χ0n) is 7.32. The predicted molar refractivity (Wildman–Crippen MR) is 46.8 cm³/mol. The Hall–Kier alpha value is -1.55. The average Bonchev–Trinajstić information content (AvgIpc) is 2.10. The third-order valence-corrected chi connectivity index (χ3v) is 1.69. The molecule has 70 valence electrons. The normalized spacial score (nSPS) is 9.92. The van der Waals surface area contributed by atoms with Gasteiger partial charge in [-0.15, -0.1) is 0 Å². The minimum absolute atomic E-state index is 0.0715. The molecule has 0 fully saturated rings. The molecule has 0 amide bonds. The van der Waals surface area contributed by atoms with Crippen LogP contribution in [0.15, 0.2) is 18.2 Å². The van der Waals surface area contributed by atoms with Crippen molar-refractivity contribution >= 4 is 5.78 Å². The van der Waals surface area contributed by atoms with Crippen LogP contribution < -0.4 is 5.32 Å². The van der Waals surface area contributed by atoms with Crippen LogP contribution in [0.3, 0.4) is 0 Å². The summed E-state index contributed by atoms with van der Waals surface area (Å²) in [5, 5.41) is 19.8. The number of ketones is 1. The van der Waals surface area contributed by atoms with E-state index in [2.05, 4.69) is 0 Å². The van der Waals surface area contributed by atoms with Crippen LogP contribution in [0.4, 0.5) is 0 Å². The van der Waals surface area contributed by atoms with Crippen molar-refractivity contribution in [2.75, 3.05) is 13.6 Å². The summed E-state index contributed by atoms with van der Waals surface area (Å²) >= 11 is 0. The third kappa shape index (κ3) is 2.19. The summed E-state index contributed by atoms with van der Waals surface area (Å²) in [7, 11) is 1.79. The van der Waals surface area contributed by atoms with Crippen molar-refractivity contribution in [2.45, 2.75) is 0 Å². The van der Waals surface area contributed by atoms with Crippen LogP contribution in [0.1, 0.15) is 10.4 Å². The number of likely N-dealkylation sites (N-methyl/N-ethyl adjacent to an activating group) is 1. The van der Waals surface area contributed by atoms with Crippen molar-refractivity contribution in [3.63, 3.8) is 0 Å². The lowest BCUT2D eigenvalue weighted by Gasteiger charge is -2.00. The number of phenolic OH excluding ortho intramolecular Hbond substituents is 2. The van der Waals surface area contributed by atoms with Crippen molar-refractivity contribution in [3.05, 3.63) is 23.8 Å². The summed E-state index contributed by atoms with van der Waals surface area (Å²) in [6.07, 6.45) is 0. The zero-order valence-corrected chi connectivity index (χ0v) is 7.32. The lowest BCUT2D eigenvalue weighted by Crippen LogP contribution is -2.81. The number of benzene rings is 1. The summed E-state index contributed by atoms with van der Waals surface area (Å²) in [5.74, 6) is -0.545. The number of rotatable bonds is 3. The highest BCUT2D eigenvalue weighted by Crippen LogP contribution is 2.24. The van der Waals surface area contributed by atoms with E-state index in [1.54, 1.807) is 12.4 Å². The molecule has 1 aromatic carbocycles. The molecule has 0 aliphatic heterocycles. The van der Waals surface area contributed by atoms with Crippen molar-refractivity contribution < 1.29 is 20.3 Å². The highest BCUT2D eigenvalue weighted by Gasteiger charge is 2.08. The lowest BCUT2D eigenvalue weighted by molar-refractivity contribution is -0.614. The van der Waals surface area contributed by atoms with Crippen LogP contribution in [-0.4, -0.2) is 29.6 Å². The van der Waals surface area contributed by atoms with Gasteiger partial charge < -0.3 is 15.5 Å². The summed E-state index contributed by atoms with van der Waals surface area (Å²) in [4.78, 5) is 11.3. The fourth-order valence-corrected chi connectivity index (χ4v) is 1.00. The third-order valence-electron chi connectivity index (χ3n) is 1.69. The first kappa shape index (κ1) is 9.54. The molecular weight excluding hydrogens is 170 g/mol. The minimum Gasteiger partial charge on any atom is -0.504 e. The maximum atomic E-state index is 11.3. The highest BCUT2D eigenvalue weighted by molar-refractivity contribution is 5.97. The first-order valence-corrected chi connectivity index (χ1v) is 3.98. The van der Waals surface area contributed by atoms with Crippen LogP contribution in [0.25, 0.3) is 0 Å². The quantitative estimate of drug-likeness (QED) is 0.434. The van der Waals surface area contributed by atoms with Gasteiger partial charge in [-0.1, -0.05) is 0 Å². The molecule has 4 heteroatoms. The standard InChI is InChI=1S/C9H11NO3/c1-10-5-9(13)6-2-3-7(11)8(12)4-6/h2-4,10-12H,5H2,1H3/p+1. The maximum absolute atomic E-state index is 11.3. The molecule has 0 aliphatic rings. The number of carbonyl (C=O) groups is 1. The molecule has 0 bridgehead atoms. The van der Waals surface area contributed by atoms with Gasteiger partial charge >= 0.3 is 0 Å². The van der Waals surface area contributed by atoms with Crippen molar-refractivity contribution in [1.82, 2.24) is 0 Å². The number of phenols is 2. The predicted octanol–water partition coefficient (Wildman–Crippen LogP) is -0.526. The number of nitrogens with two attached hydrogens (primary N) is 1. The summed E-state index contributed by atoms with van der Waals surface area (Å²) in [6.45, 7) is 0.338. The van der Waals surface area contributed by atoms with E-state index in [4.69, 9.17) is 10.2 Å². The summed E-state index contributed by atoms with van der Waals surface area (Å²) < 4.78 is 0. The molecule has 1 rings (SSSR count). The highest BCUT2D eigenvalue weighted by atomic mass is 16.3. The molecule has 0 radical (unpaired) electrons. The Kier molecular flexibility index (Phi) is 2.87. The monoisotopic (exact) mass is 182 g/mol. The van der Waals surface area contributed by atoms with Crippen LogP contribution in [0, 0.1) is 0 Å². The SMILES string of the molecule is C[NH2+]CC(=O)c1ccc(O)c(O)c1. The van der Waals surface area contributed by atoms with E-state index in [1.165, 1.54) is 18.2 Å². The first-order chi connectivity index (χ1) is 6.15. The summed E-state index contributed by atoms with van der Waals surface area (Å²) in [6, 6.07) is 4.06. The number of hydrogen-bond acceptors (Lipinski definition) is 3. The second kappa shape index (κ2) is 3.91. The average molecular weight is 182 g/mol. The molecule has 0 saturated heterocycles. The fraction of sp³-hybridized carbons (Fsp3) is 0.222.